The number of nitrogens with two attached hydrogens (primary N) is 1. The topological polar surface area (TPSA) is 101 Å². The Balaban J connectivity index is 0. The second-order valence-electron chi connectivity index (χ2n) is 1.88. The van der Waals surface area contributed by atoms with Crippen LogP contribution < -0.4 is 5.73 Å². The van der Waals surface area contributed by atoms with Gasteiger partial charge in [-0.1, -0.05) is 0 Å². The van der Waals surface area contributed by atoms with Crippen LogP contribution in [0.3, 0.4) is 0 Å². The van der Waals surface area contributed by atoms with Gasteiger partial charge in [0.25, 0.3) is 0 Å². The van der Waals surface area contributed by atoms with Crippen LogP contribution >= 0.6 is 0 Å². The van der Waals surface area contributed by atoms with E-state index in [2.05, 4.69) is 0 Å². The molecular formula is C5H10NNaO4. The molecule has 60 valence electrons. The molecule has 0 heterocycles. The molecule has 0 aromatic heterocycles. The predicted octanol–water partition coefficient (Wildman–Crippen LogP) is -1.39. The zero-order valence-electron chi connectivity index (χ0n) is 5.28. The third-order valence-electron chi connectivity index (χ3n) is 0.986. The van der Waals surface area contributed by atoms with Crippen LogP contribution in [-0.2, 0) is 9.59 Å². The number of carboxylic acids is 2. The summed E-state index contributed by atoms with van der Waals surface area (Å²) >= 11 is 0. The van der Waals surface area contributed by atoms with Crippen LogP contribution in [0.2, 0.25) is 0 Å². The molecular weight excluding hydrogens is 161 g/mol. The van der Waals surface area contributed by atoms with Crippen molar-refractivity contribution in [1.82, 2.24) is 0 Å². The number of rotatable bonds is 4. The number of hydrogen-bond donors (Lipinski definition) is 3. The van der Waals surface area contributed by atoms with Crippen LogP contribution in [0, 0.1) is 0 Å². The molecule has 4 N–H and O–H groups in total. The number of aliphatic carboxylic acids is 2. The summed E-state index contributed by atoms with van der Waals surface area (Å²) in [6, 6.07) is -1.06. The second kappa shape index (κ2) is 6.60. The van der Waals surface area contributed by atoms with Crippen molar-refractivity contribution in [2.75, 3.05) is 0 Å². The van der Waals surface area contributed by atoms with Gasteiger partial charge in [-0.25, -0.2) is 0 Å². The van der Waals surface area contributed by atoms with Gasteiger partial charge in [-0.2, -0.15) is 0 Å². The maximum absolute atomic E-state index is 9.99. The molecule has 0 fully saturated rings. The molecule has 0 aliphatic carbocycles. The number of carbonyl (C=O) groups is 2. The first-order chi connectivity index (χ1) is 4.54. The Kier molecular flexibility index (Phi) is 8.09. The van der Waals surface area contributed by atoms with Crippen molar-refractivity contribution in [2.45, 2.75) is 18.9 Å². The average molecular weight is 171 g/mol. The van der Waals surface area contributed by atoms with Crippen molar-refractivity contribution in [1.29, 1.82) is 0 Å². The third-order valence-corrected chi connectivity index (χ3v) is 0.986. The maximum atomic E-state index is 9.99. The molecule has 0 bridgehead atoms. The van der Waals surface area contributed by atoms with Gasteiger partial charge in [0.15, 0.2) is 0 Å². The van der Waals surface area contributed by atoms with E-state index in [4.69, 9.17) is 15.9 Å². The molecule has 0 radical (unpaired) electrons. The molecule has 0 aromatic carbocycles. The molecule has 0 spiro atoms. The van der Waals surface area contributed by atoms with E-state index in [9.17, 15) is 9.59 Å². The Morgan fingerprint density at radius 2 is 1.82 bits per heavy atom. The van der Waals surface area contributed by atoms with Gasteiger partial charge in [-0.15, -0.1) is 0 Å². The first-order valence-electron chi connectivity index (χ1n) is 2.74. The summed E-state index contributed by atoms with van der Waals surface area (Å²) in [6.45, 7) is 0. The molecule has 1 unspecified atom stereocenters. The zero-order valence-corrected chi connectivity index (χ0v) is 5.28. The van der Waals surface area contributed by atoms with Gasteiger partial charge in [-0.05, 0) is 6.42 Å². The van der Waals surface area contributed by atoms with Crippen LogP contribution in [0.25, 0.3) is 0 Å². The Hall–Kier alpha value is -0.100. The quantitative estimate of drug-likeness (QED) is 0.452. The van der Waals surface area contributed by atoms with Gasteiger partial charge < -0.3 is 15.9 Å². The Morgan fingerprint density at radius 3 is 2.09 bits per heavy atom. The van der Waals surface area contributed by atoms with Crippen LogP contribution in [0.5, 0.6) is 0 Å². The third kappa shape index (κ3) is 7.80. The van der Waals surface area contributed by atoms with Gasteiger partial charge in [0, 0.05) is 6.42 Å². The molecule has 0 rings (SSSR count). The summed E-state index contributed by atoms with van der Waals surface area (Å²) in [5.41, 5.74) is 5.00. The minimum atomic E-state index is -1.17. The monoisotopic (exact) mass is 171 g/mol. The van der Waals surface area contributed by atoms with E-state index in [0.717, 1.165) is 0 Å². The Morgan fingerprint density at radius 1 is 1.36 bits per heavy atom. The first-order valence-corrected chi connectivity index (χ1v) is 2.74. The summed E-state index contributed by atoms with van der Waals surface area (Å²) < 4.78 is 0. The van der Waals surface area contributed by atoms with Crippen molar-refractivity contribution in [3.05, 3.63) is 0 Å². The van der Waals surface area contributed by atoms with Gasteiger partial charge in [0.2, 0.25) is 0 Å². The standard InChI is InChI=1S/C5H9NO4.Na.H/c6-3(5(9)10)1-2-4(7)8;;/h3H,1-2,6H2,(H,7,8)(H,9,10);;. The van der Waals surface area contributed by atoms with E-state index in [1.165, 1.54) is 0 Å². The molecule has 11 heavy (non-hydrogen) atoms. The fraction of sp³-hybridized carbons (Fsp3) is 0.600. The van der Waals surface area contributed by atoms with Gasteiger partial charge in [0.1, 0.15) is 6.04 Å². The van der Waals surface area contributed by atoms with Crippen LogP contribution in [0.1, 0.15) is 12.8 Å². The van der Waals surface area contributed by atoms with Crippen LogP contribution in [0.15, 0.2) is 0 Å². The zero-order chi connectivity index (χ0) is 8.15. The van der Waals surface area contributed by atoms with Crippen molar-refractivity contribution < 1.29 is 19.8 Å². The SMILES string of the molecule is NC(CCC(=O)O)C(=O)O.[NaH]. The Labute approximate surface area is 85.9 Å². The van der Waals surface area contributed by atoms with Crippen LogP contribution in [-0.4, -0.2) is 57.8 Å². The number of hydrogen-bond acceptors (Lipinski definition) is 3. The van der Waals surface area contributed by atoms with Gasteiger partial charge >= 0.3 is 41.5 Å². The molecule has 0 saturated heterocycles. The first kappa shape index (κ1) is 13.5. The van der Waals surface area contributed by atoms with E-state index >= 15 is 0 Å². The summed E-state index contributed by atoms with van der Waals surface area (Å²) in [5, 5.41) is 16.3. The fourth-order valence-corrected chi connectivity index (χ4v) is 0.402. The van der Waals surface area contributed by atoms with E-state index < -0.39 is 18.0 Å². The molecule has 5 nitrogen and oxygen atoms in total. The minimum absolute atomic E-state index is 0. The Bertz CT molecular complexity index is 149. The summed E-state index contributed by atoms with van der Waals surface area (Å²) in [5.74, 6) is -2.20. The van der Waals surface area contributed by atoms with E-state index in [1.807, 2.05) is 0 Å². The molecule has 0 aromatic rings. The summed E-state index contributed by atoms with van der Waals surface area (Å²) in [4.78, 5) is 19.9. The van der Waals surface area contributed by atoms with Crippen molar-refractivity contribution in [3.8, 4) is 0 Å². The van der Waals surface area contributed by atoms with Crippen molar-refractivity contribution >= 4 is 41.5 Å². The fourth-order valence-electron chi connectivity index (χ4n) is 0.402. The van der Waals surface area contributed by atoms with E-state index in [0.29, 0.717) is 0 Å². The molecule has 0 saturated carbocycles. The predicted molar refractivity (Wildman–Crippen MR) is 39.6 cm³/mol. The average Bonchev–Trinajstić information content (AvgIpc) is 1.82. The molecule has 1 atom stereocenters. The second-order valence-corrected chi connectivity index (χ2v) is 1.88. The number of carboxylic acid groups (broad SMARTS) is 2. The molecule has 0 aliphatic rings. The van der Waals surface area contributed by atoms with Gasteiger partial charge in [0.05, 0.1) is 0 Å². The normalized spacial score (nSPS) is 11.4. The van der Waals surface area contributed by atoms with E-state index in [1.54, 1.807) is 0 Å². The van der Waals surface area contributed by atoms with Gasteiger partial charge in [-0.3, -0.25) is 9.59 Å². The summed E-state index contributed by atoms with van der Waals surface area (Å²) in [7, 11) is 0. The van der Waals surface area contributed by atoms with Crippen molar-refractivity contribution in [3.63, 3.8) is 0 Å². The molecule has 0 aliphatic heterocycles. The van der Waals surface area contributed by atoms with E-state index in [-0.39, 0.29) is 42.4 Å². The molecule has 6 heteroatoms. The molecule has 0 amide bonds. The summed E-state index contributed by atoms with van der Waals surface area (Å²) in [6.07, 6.45) is -0.224. The van der Waals surface area contributed by atoms with Crippen molar-refractivity contribution in [2.24, 2.45) is 5.73 Å². The van der Waals surface area contributed by atoms with Crippen LogP contribution in [0.4, 0.5) is 0 Å².